The number of rotatable bonds is 2. The lowest BCUT2D eigenvalue weighted by Gasteiger charge is -2.13. The SMILES string of the molecule is Cc1cccc(C(F)(F)F)c1.Clc1ncc(Br)cn1.OC(c1cnc(Cl)nc1)c1cccc(C(F)(F)F)c1. The first-order valence-corrected chi connectivity index (χ1v) is 11.8. The van der Waals surface area contributed by atoms with Gasteiger partial charge in [-0.1, -0.05) is 35.9 Å². The molecule has 0 aliphatic rings. The van der Waals surface area contributed by atoms with Crippen molar-refractivity contribution < 1.29 is 31.4 Å². The highest BCUT2D eigenvalue weighted by Crippen LogP contribution is 2.32. The molecule has 2 aromatic heterocycles. The Morgan fingerprint density at radius 3 is 1.58 bits per heavy atom. The number of hydrogen-bond acceptors (Lipinski definition) is 5. The fourth-order valence-corrected chi connectivity index (χ4v) is 3.06. The number of benzene rings is 2. The molecule has 0 saturated carbocycles. The third kappa shape index (κ3) is 10.5. The number of aryl methyl sites for hydroxylation is 1. The van der Waals surface area contributed by atoms with Crippen LogP contribution in [0.4, 0.5) is 26.3 Å². The highest BCUT2D eigenvalue weighted by atomic mass is 79.9. The molecule has 0 saturated heterocycles. The minimum atomic E-state index is -4.45. The van der Waals surface area contributed by atoms with Crippen LogP contribution < -0.4 is 0 Å². The number of halogens is 9. The second-order valence-electron chi connectivity index (χ2n) is 7.35. The van der Waals surface area contributed by atoms with Gasteiger partial charge < -0.3 is 5.11 Å². The third-order valence-electron chi connectivity index (χ3n) is 4.42. The molecule has 1 unspecified atom stereocenters. The van der Waals surface area contributed by atoms with Crippen molar-refractivity contribution in [2.45, 2.75) is 25.4 Å². The molecule has 5 nitrogen and oxygen atoms in total. The summed E-state index contributed by atoms with van der Waals surface area (Å²) in [5, 5.41) is 10.3. The van der Waals surface area contributed by atoms with E-state index in [1.54, 1.807) is 25.4 Å². The standard InChI is InChI=1S/C12H8ClF3N2O.C8H7F3.C4H2BrClN2/c13-11-17-5-8(6-18-11)10(19)7-2-1-3-9(4-7)12(14,15)16;1-6-3-2-4-7(5-6)8(9,10)11;5-3-1-7-4(6)8-2-3/h1-6,10,19H;2-5H,1H3;1-2H. The van der Waals surface area contributed by atoms with Crippen molar-refractivity contribution in [1.29, 1.82) is 0 Å². The van der Waals surface area contributed by atoms with Gasteiger partial charge in [0.25, 0.3) is 0 Å². The summed E-state index contributed by atoms with van der Waals surface area (Å²) in [6.07, 6.45) is -4.19. The highest BCUT2D eigenvalue weighted by Gasteiger charge is 2.31. The summed E-state index contributed by atoms with van der Waals surface area (Å²) >= 11 is 14.0. The topological polar surface area (TPSA) is 71.8 Å². The Hall–Kier alpha value is -2.80. The lowest BCUT2D eigenvalue weighted by Crippen LogP contribution is -2.07. The number of alkyl halides is 6. The minimum Gasteiger partial charge on any atom is -0.384 e. The lowest BCUT2D eigenvalue weighted by molar-refractivity contribution is -0.138. The van der Waals surface area contributed by atoms with Crippen molar-refractivity contribution in [2.24, 2.45) is 0 Å². The molecule has 0 amide bonds. The summed E-state index contributed by atoms with van der Waals surface area (Å²) in [6.45, 7) is 1.63. The Labute approximate surface area is 231 Å². The van der Waals surface area contributed by atoms with Crippen LogP contribution in [0.2, 0.25) is 10.6 Å². The van der Waals surface area contributed by atoms with E-state index in [0.29, 0.717) is 5.56 Å². The molecule has 0 fully saturated rings. The molecule has 38 heavy (non-hydrogen) atoms. The van der Waals surface area contributed by atoms with E-state index in [4.69, 9.17) is 23.2 Å². The highest BCUT2D eigenvalue weighted by molar-refractivity contribution is 9.10. The van der Waals surface area contributed by atoms with Crippen LogP contribution >= 0.6 is 39.1 Å². The molecular formula is C24H17BrCl2F6N4O. The van der Waals surface area contributed by atoms with E-state index in [2.05, 4.69) is 35.9 Å². The normalized spacial score (nSPS) is 12.0. The molecule has 2 aromatic carbocycles. The third-order valence-corrected chi connectivity index (χ3v) is 5.22. The number of aliphatic hydroxyl groups excluding tert-OH is 1. The van der Waals surface area contributed by atoms with E-state index in [9.17, 15) is 31.4 Å². The molecule has 14 heteroatoms. The predicted octanol–water partition coefficient (Wildman–Crippen LogP) is 8.14. The molecule has 4 rings (SSSR count). The van der Waals surface area contributed by atoms with Gasteiger partial charge in [0, 0.05) is 30.4 Å². The Morgan fingerprint density at radius 1 is 0.711 bits per heavy atom. The van der Waals surface area contributed by atoms with E-state index in [-0.39, 0.29) is 21.7 Å². The largest absolute Gasteiger partial charge is 0.416 e. The van der Waals surface area contributed by atoms with Crippen LogP contribution in [0.25, 0.3) is 0 Å². The van der Waals surface area contributed by atoms with Crippen LogP contribution in [0, 0.1) is 6.92 Å². The zero-order valence-electron chi connectivity index (χ0n) is 19.1. The maximum absolute atomic E-state index is 12.6. The van der Waals surface area contributed by atoms with Crippen molar-refractivity contribution >= 4 is 39.1 Å². The first-order chi connectivity index (χ1) is 17.7. The number of aliphatic hydroxyl groups is 1. The quantitative estimate of drug-likeness (QED) is 0.177. The first-order valence-electron chi connectivity index (χ1n) is 10.3. The zero-order chi connectivity index (χ0) is 28.5. The molecule has 202 valence electrons. The molecule has 1 atom stereocenters. The van der Waals surface area contributed by atoms with E-state index >= 15 is 0 Å². The van der Waals surface area contributed by atoms with Crippen molar-refractivity contribution in [3.05, 3.63) is 116 Å². The van der Waals surface area contributed by atoms with Crippen LogP contribution in [-0.4, -0.2) is 25.0 Å². The van der Waals surface area contributed by atoms with Crippen LogP contribution in [-0.2, 0) is 12.4 Å². The smallest absolute Gasteiger partial charge is 0.384 e. The molecule has 0 radical (unpaired) electrons. The lowest BCUT2D eigenvalue weighted by atomic mass is 10.0. The van der Waals surface area contributed by atoms with Crippen LogP contribution in [0.3, 0.4) is 0 Å². The first kappa shape index (κ1) is 31.4. The molecule has 0 bridgehead atoms. The number of nitrogens with zero attached hydrogens (tertiary/aromatic N) is 4. The summed E-state index contributed by atoms with van der Waals surface area (Å²) in [5.74, 6) is 0. The Kier molecular flexibility index (Phi) is 11.4. The summed E-state index contributed by atoms with van der Waals surface area (Å²) in [6, 6.07) is 9.68. The van der Waals surface area contributed by atoms with Crippen LogP contribution in [0.1, 0.15) is 33.9 Å². The van der Waals surface area contributed by atoms with Gasteiger partial charge in [0.15, 0.2) is 0 Å². The molecule has 0 aliphatic carbocycles. The summed E-state index contributed by atoms with van der Waals surface area (Å²) in [5.41, 5.74) is -0.402. The van der Waals surface area contributed by atoms with Gasteiger partial charge in [0.05, 0.1) is 15.6 Å². The van der Waals surface area contributed by atoms with Gasteiger partial charge in [0.1, 0.15) is 6.10 Å². The molecule has 2 heterocycles. The monoisotopic (exact) mass is 640 g/mol. The van der Waals surface area contributed by atoms with Crippen LogP contribution in [0.5, 0.6) is 0 Å². The minimum absolute atomic E-state index is 0.00000719. The second-order valence-corrected chi connectivity index (χ2v) is 8.94. The molecule has 0 aliphatic heterocycles. The van der Waals surface area contributed by atoms with E-state index in [0.717, 1.165) is 28.7 Å². The Balaban J connectivity index is 0.000000224. The second kappa shape index (κ2) is 13.8. The molecule has 0 spiro atoms. The maximum atomic E-state index is 12.6. The number of hydrogen-bond donors (Lipinski definition) is 1. The van der Waals surface area contributed by atoms with Gasteiger partial charge in [-0.3, -0.25) is 0 Å². The maximum Gasteiger partial charge on any atom is 0.416 e. The summed E-state index contributed by atoms with van der Waals surface area (Å²) in [7, 11) is 0. The Bertz CT molecular complexity index is 1290. The van der Waals surface area contributed by atoms with E-state index in [1.807, 2.05) is 0 Å². The van der Waals surface area contributed by atoms with E-state index < -0.39 is 29.6 Å². The summed E-state index contributed by atoms with van der Waals surface area (Å²) in [4.78, 5) is 14.7. The van der Waals surface area contributed by atoms with Gasteiger partial charge in [-0.2, -0.15) is 26.3 Å². The molecule has 4 aromatic rings. The Morgan fingerprint density at radius 2 is 1.16 bits per heavy atom. The molecule has 1 N–H and O–H groups in total. The summed E-state index contributed by atoms with van der Waals surface area (Å²) < 4.78 is 74.4. The van der Waals surface area contributed by atoms with Crippen molar-refractivity contribution in [2.75, 3.05) is 0 Å². The van der Waals surface area contributed by atoms with Gasteiger partial charge in [0.2, 0.25) is 10.6 Å². The fraction of sp³-hybridized carbons (Fsp3) is 0.167. The average Bonchev–Trinajstić information content (AvgIpc) is 2.86. The molecular weight excluding hydrogens is 625 g/mol. The van der Waals surface area contributed by atoms with Gasteiger partial charge in [-0.05, 0) is 69.8 Å². The van der Waals surface area contributed by atoms with Crippen LogP contribution in [0.15, 0.2) is 77.8 Å². The van der Waals surface area contributed by atoms with Gasteiger partial charge in [-0.25, -0.2) is 19.9 Å². The average molecular weight is 642 g/mol. The van der Waals surface area contributed by atoms with Gasteiger partial charge >= 0.3 is 12.4 Å². The van der Waals surface area contributed by atoms with Gasteiger partial charge in [-0.15, -0.1) is 0 Å². The van der Waals surface area contributed by atoms with Crippen molar-refractivity contribution in [1.82, 2.24) is 19.9 Å². The van der Waals surface area contributed by atoms with Crippen molar-refractivity contribution in [3.8, 4) is 0 Å². The fourth-order valence-electron chi connectivity index (χ4n) is 2.66. The number of aromatic nitrogens is 4. The van der Waals surface area contributed by atoms with E-state index in [1.165, 1.54) is 30.6 Å². The zero-order valence-corrected chi connectivity index (χ0v) is 22.2. The predicted molar refractivity (Wildman–Crippen MR) is 133 cm³/mol. The van der Waals surface area contributed by atoms with Crippen molar-refractivity contribution in [3.63, 3.8) is 0 Å².